The van der Waals surface area contributed by atoms with Crippen LogP contribution >= 0.6 is 0 Å². The van der Waals surface area contributed by atoms with Crippen molar-refractivity contribution >= 4 is 34.1 Å². The fourth-order valence-corrected chi connectivity index (χ4v) is 4.25. The van der Waals surface area contributed by atoms with Crippen LogP contribution < -0.4 is 22.1 Å². The van der Waals surface area contributed by atoms with Gasteiger partial charge < -0.3 is 26.8 Å². The summed E-state index contributed by atoms with van der Waals surface area (Å²) in [5.74, 6) is -1.20. The summed E-state index contributed by atoms with van der Waals surface area (Å²) in [5.41, 5.74) is 13.7. The van der Waals surface area contributed by atoms with E-state index < -0.39 is 17.3 Å². The molecule has 3 aromatic rings. The minimum absolute atomic E-state index is 0.0332. The molecule has 2 heterocycles. The molecule has 2 aromatic heterocycles. The second-order valence-corrected chi connectivity index (χ2v) is 8.66. The Labute approximate surface area is 191 Å². The normalized spacial score (nSPS) is 15.8. The number of aryl methyl sites for hydroxylation is 1. The standard InChI is InChI=1S/C23H30FN7O2/c1-13-16-11-15(5-6-19(16)31(30-13)9-10-33-3)27-21-17(20(26)32)12-18(24)22(28-21)29-23(14(2)25)7-4-8-23/h5-6,11-12,14H,4,7-10,25H2,1-3H3,(H2,26,32)(H2,27,28,29)/t14-/m0/s1. The Kier molecular flexibility index (Phi) is 6.22. The van der Waals surface area contributed by atoms with Crippen molar-refractivity contribution in [2.24, 2.45) is 11.5 Å². The molecule has 1 saturated carbocycles. The quantitative estimate of drug-likeness (QED) is 0.390. The molecule has 0 spiro atoms. The third-order valence-electron chi connectivity index (χ3n) is 6.43. The summed E-state index contributed by atoms with van der Waals surface area (Å²) in [4.78, 5) is 16.4. The molecule has 1 aliphatic carbocycles. The van der Waals surface area contributed by atoms with Gasteiger partial charge in [0.25, 0.3) is 5.91 Å². The number of nitrogens with one attached hydrogen (secondary N) is 2. The van der Waals surface area contributed by atoms with Gasteiger partial charge in [-0.25, -0.2) is 9.37 Å². The molecule has 0 radical (unpaired) electrons. The number of aromatic nitrogens is 3. The van der Waals surface area contributed by atoms with Crippen molar-refractivity contribution in [3.63, 3.8) is 0 Å². The van der Waals surface area contributed by atoms with Crippen LogP contribution in [0.25, 0.3) is 10.9 Å². The van der Waals surface area contributed by atoms with Gasteiger partial charge >= 0.3 is 0 Å². The van der Waals surface area contributed by atoms with Gasteiger partial charge in [-0.2, -0.15) is 5.10 Å². The second kappa shape index (κ2) is 8.95. The van der Waals surface area contributed by atoms with Crippen LogP contribution in [0.4, 0.5) is 21.7 Å². The number of primary amides is 1. The number of nitrogens with two attached hydrogens (primary N) is 2. The van der Waals surface area contributed by atoms with Crippen LogP contribution in [0, 0.1) is 12.7 Å². The zero-order chi connectivity index (χ0) is 23.8. The Hall–Kier alpha value is -3.24. The number of benzene rings is 1. The summed E-state index contributed by atoms with van der Waals surface area (Å²) in [6.07, 6.45) is 2.67. The molecule has 1 amide bonds. The minimum Gasteiger partial charge on any atom is -0.383 e. The summed E-state index contributed by atoms with van der Waals surface area (Å²) in [5, 5.41) is 11.8. The number of ether oxygens (including phenoxy) is 1. The van der Waals surface area contributed by atoms with E-state index in [1.807, 2.05) is 36.7 Å². The Balaban J connectivity index is 1.68. The van der Waals surface area contributed by atoms with E-state index in [-0.39, 0.29) is 23.2 Å². The first-order chi connectivity index (χ1) is 15.7. The number of hydrogen-bond donors (Lipinski definition) is 4. The monoisotopic (exact) mass is 455 g/mol. The number of rotatable bonds is 9. The maximum Gasteiger partial charge on any atom is 0.252 e. The van der Waals surface area contributed by atoms with E-state index in [0.717, 1.165) is 41.9 Å². The SMILES string of the molecule is COCCn1nc(C)c2cc(Nc3nc(NC4([C@H](C)N)CCC4)c(F)cc3C(N)=O)ccc21. The summed E-state index contributed by atoms with van der Waals surface area (Å²) >= 11 is 0. The Morgan fingerprint density at radius 3 is 2.70 bits per heavy atom. The van der Waals surface area contributed by atoms with Gasteiger partial charge in [-0.3, -0.25) is 9.48 Å². The van der Waals surface area contributed by atoms with Crippen LogP contribution in [0.3, 0.4) is 0 Å². The molecule has 176 valence electrons. The zero-order valence-electron chi connectivity index (χ0n) is 19.1. The van der Waals surface area contributed by atoms with E-state index in [9.17, 15) is 9.18 Å². The summed E-state index contributed by atoms with van der Waals surface area (Å²) in [7, 11) is 1.65. The highest BCUT2D eigenvalue weighted by Crippen LogP contribution is 2.38. The Morgan fingerprint density at radius 2 is 2.09 bits per heavy atom. The number of pyridine rings is 1. The van der Waals surface area contributed by atoms with E-state index in [2.05, 4.69) is 20.7 Å². The van der Waals surface area contributed by atoms with E-state index >= 15 is 0 Å². The van der Waals surface area contributed by atoms with Crippen LogP contribution in [0.5, 0.6) is 0 Å². The topological polar surface area (TPSA) is 133 Å². The van der Waals surface area contributed by atoms with Crippen molar-refractivity contribution in [3.8, 4) is 0 Å². The highest BCUT2D eigenvalue weighted by molar-refractivity contribution is 5.99. The largest absolute Gasteiger partial charge is 0.383 e. The number of methoxy groups -OCH3 is 1. The third kappa shape index (κ3) is 4.36. The fourth-order valence-electron chi connectivity index (χ4n) is 4.25. The summed E-state index contributed by atoms with van der Waals surface area (Å²) < 4.78 is 21.9. The first-order valence-electron chi connectivity index (χ1n) is 11.0. The highest BCUT2D eigenvalue weighted by Gasteiger charge is 2.41. The number of carbonyl (C=O) groups is 1. The number of amides is 1. The van der Waals surface area contributed by atoms with Crippen molar-refractivity contribution in [2.45, 2.75) is 51.2 Å². The van der Waals surface area contributed by atoms with E-state index in [0.29, 0.717) is 18.8 Å². The van der Waals surface area contributed by atoms with Crippen molar-refractivity contribution in [2.75, 3.05) is 24.4 Å². The first-order valence-corrected chi connectivity index (χ1v) is 11.0. The zero-order valence-corrected chi connectivity index (χ0v) is 19.1. The van der Waals surface area contributed by atoms with Crippen molar-refractivity contribution < 1.29 is 13.9 Å². The van der Waals surface area contributed by atoms with Gasteiger partial charge in [0.1, 0.15) is 5.82 Å². The van der Waals surface area contributed by atoms with Gasteiger partial charge in [0.2, 0.25) is 0 Å². The third-order valence-corrected chi connectivity index (χ3v) is 6.43. The van der Waals surface area contributed by atoms with Gasteiger partial charge in [-0.15, -0.1) is 0 Å². The average Bonchev–Trinajstić information content (AvgIpc) is 3.05. The van der Waals surface area contributed by atoms with Gasteiger partial charge in [-0.05, 0) is 57.4 Å². The smallest absolute Gasteiger partial charge is 0.252 e. The van der Waals surface area contributed by atoms with E-state index in [1.165, 1.54) is 0 Å². The summed E-state index contributed by atoms with van der Waals surface area (Å²) in [6, 6.07) is 6.63. The number of nitrogens with zero attached hydrogens (tertiary/aromatic N) is 3. The molecule has 1 fully saturated rings. The second-order valence-electron chi connectivity index (χ2n) is 8.66. The van der Waals surface area contributed by atoms with E-state index in [1.54, 1.807) is 7.11 Å². The molecule has 4 rings (SSSR count). The molecule has 1 aromatic carbocycles. The molecule has 0 aliphatic heterocycles. The van der Waals surface area contributed by atoms with E-state index in [4.69, 9.17) is 16.2 Å². The van der Waals surface area contributed by atoms with Crippen LogP contribution in [-0.4, -0.2) is 46.0 Å². The molecule has 1 atom stereocenters. The summed E-state index contributed by atoms with van der Waals surface area (Å²) in [6.45, 7) is 5.01. The molecule has 10 heteroatoms. The maximum atomic E-state index is 14.8. The number of anilines is 3. The molecule has 0 bridgehead atoms. The predicted octanol–water partition coefficient (Wildman–Crippen LogP) is 3.05. The lowest BCUT2D eigenvalue weighted by atomic mass is 9.72. The van der Waals surface area contributed by atoms with Gasteiger partial charge in [-0.1, -0.05) is 0 Å². The van der Waals surface area contributed by atoms with Crippen LogP contribution in [0.1, 0.15) is 42.2 Å². The maximum absolute atomic E-state index is 14.8. The molecular weight excluding hydrogens is 425 g/mol. The van der Waals surface area contributed by atoms with Crippen LogP contribution in [-0.2, 0) is 11.3 Å². The Morgan fingerprint density at radius 1 is 1.33 bits per heavy atom. The predicted molar refractivity (Wildman–Crippen MR) is 126 cm³/mol. The van der Waals surface area contributed by atoms with Gasteiger partial charge in [0.15, 0.2) is 11.6 Å². The number of fused-ring (bicyclic) bond motifs is 1. The molecule has 0 unspecified atom stereocenters. The molecule has 1 aliphatic rings. The fraction of sp³-hybridized carbons (Fsp3) is 0.435. The van der Waals surface area contributed by atoms with Crippen molar-refractivity contribution in [1.82, 2.24) is 14.8 Å². The van der Waals surface area contributed by atoms with Crippen LogP contribution in [0.15, 0.2) is 24.3 Å². The molecule has 0 saturated heterocycles. The number of halogens is 1. The molecule has 33 heavy (non-hydrogen) atoms. The average molecular weight is 456 g/mol. The molecule has 6 N–H and O–H groups in total. The minimum atomic E-state index is -0.773. The van der Waals surface area contributed by atoms with Crippen molar-refractivity contribution in [3.05, 3.63) is 41.3 Å². The lowest BCUT2D eigenvalue weighted by Gasteiger charge is -2.46. The molecular formula is C23H30FN7O2. The first kappa shape index (κ1) is 22.9. The molecule has 9 nitrogen and oxygen atoms in total. The van der Waals surface area contributed by atoms with Crippen LogP contribution in [0.2, 0.25) is 0 Å². The Bertz CT molecular complexity index is 1190. The number of carbonyl (C=O) groups excluding carboxylic acids is 1. The van der Waals surface area contributed by atoms with Gasteiger partial charge in [0, 0.05) is 24.2 Å². The van der Waals surface area contributed by atoms with Gasteiger partial charge in [0.05, 0.1) is 35.5 Å². The lowest BCUT2D eigenvalue weighted by Crippen LogP contribution is -2.57. The number of hydrogen-bond acceptors (Lipinski definition) is 7. The lowest BCUT2D eigenvalue weighted by molar-refractivity contribution is 0.100. The highest BCUT2D eigenvalue weighted by atomic mass is 19.1. The van der Waals surface area contributed by atoms with Crippen molar-refractivity contribution in [1.29, 1.82) is 0 Å².